The van der Waals surface area contributed by atoms with Crippen LogP contribution in [0.2, 0.25) is 0 Å². The molecule has 0 bridgehead atoms. The van der Waals surface area contributed by atoms with E-state index in [1.54, 1.807) is 18.2 Å². The molecule has 0 saturated carbocycles. The van der Waals surface area contributed by atoms with E-state index < -0.39 is 47.4 Å². The standard InChI is InChI=1S/C19H13F6N5O2/c1-10-9-17(32,19(23,24)25)30(27-10)16(31)13-8-15-26-12(11-5-3-2-4-6-11)7-14(18(20,21)22)29(15)28-13/h2-8,32H,9H2,1H3/t17-/m1/s1. The largest absolute Gasteiger partial charge is 0.438 e. The number of amides is 1. The van der Waals surface area contributed by atoms with E-state index in [0.29, 0.717) is 16.1 Å². The molecule has 1 N–H and O–H groups in total. The lowest BCUT2D eigenvalue weighted by atomic mass is 10.1. The second-order valence-electron chi connectivity index (χ2n) is 7.13. The van der Waals surface area contributed by atoms with Crippen molar-refractivity contribution in [3.8, 4) is 11.3 Å². The van der Waals surface area contributed by atoms with Gasteiger partial charge in [-0.2, -0.15) is 41.6 Å². The average Bonchev–Trinajstić information content (AvgIpc) is 3.27. The molecular formula is C19H13F6N5O2. The third-order valence-electron chi connectivity index (χ3n) is 4.78. The molecule has 0 radical (unpaired) electrons. The van der Waals surface area contributed by atoms with E-state index in [4.69, 9.17) is 0 Å². The maximum absolute atomic E-state index is 13.7. The highest BCUT2D eigenvalue weighted by atomic mass is 19.4. The van der Waals surface area contributed by atoms with Crippen LogP contribution < -0.4 is 0 Å². The van der Waals surface area contributed by atoms with Gasteiger partial charge in [0.25, 0.3) is 11.6 Å². The van der Waals surface area contributed by atoms with E-state index in [2.05, 4.69) is 15.2 Å². The Morgan fingerprint density at radius 1 is 1.09 bits per heavy atom. The number of carbonyl (C=O) groups excluding carboxylic acids is 1. The first-order valence-electron chi connectivity index (χ1n) is 9.02. The monoisotopic (exact) mass is 457 g/mol. The fourth-order valence-electron chi connectivity index (χ4n) is 3.30. The number of aromatic nitrogens is 3. The lowest BCUT2D eigenvalue weighted by molar-refractivity contribution is -0.297. The van der Waals surface area contributed by atoms with E-state index in [-0.39, 0.29) is 16.4 Å². The van der Waals surface area contributed by atoms with Gasteiger partial charge in [0.15, 0.2) is 17.0 Å². The lowest BCUT2D eigenvalue weighted by Gasteiger charge is -2.32. The lowest BCUT2D eigenvalue weighted by Crippen LogP contribution is -2.56. The Morgan fingerprint density at radius 2 is 1.75 bits per heavy atom. The summed E-state index contributed by atoms with van der Waals surface area (Å²) in [7, 11) is 0. The molecule has 13 heteroatoms. The number of fused-ring (bicyclic) bond motifs is 1. The normalized spacial score (nSPS) is 19.5. The highest BCUT2D eigenvalue weighted by molar-refractivity contribution is 5.97. The summed E-state index contributed by atoms with van der Waals surface area (Å²) >= 11 is 0. The molecule has 0 spiro atoms. The number of benzene rings is 1. The fourth-order valence-corrected chi connectivity index (χ4v) is 3.30. The molecule has 2 aromatic heterocycles. The zero-order valence-electron chi connectivity index (χ0n) is 16.1. The molecule has 168 valence electrons. The SMILES string of the molecule is CC1=NN(C(=O)c2cc3nc(-c4ccccc4)cc(C(F)(F)F)n3n2)[C@](O)(C(F)(F)F)C1. The van der Waals surface area contributed by atoms with Crippen molar-refractivity contribution >= 4 is 17.3 Å². The molecule has 1 atom stereocenters. The van der Waals surface area contributed by atoms with Crippen molar-refractivity contribution in [3.05, 3.63) is 53.9 Å². The van der Waals surface area contributed by atoms with Gasteiger partial charge in [-0.1, -0.05) is 30.3 Å². The van der Waals surface area contributed by atoms with E-state index >= 15 is 0 Å². The number of hydrogen-bond acceptors (Lipinski definition) is 5. The Labute approximate surface area is 175 Å². The molecule has 3 aromatic rings. The van der Waals surface area contributed by atoms with Crippen LogP contribution >= 0.6 is 0 Å². The number of hydrogen-bond donors (Lipinski definition) is 1. The minimum atomic E-state index is -5.26. The smallest absolute Gasteiger partial charge is 0.362 e. The van der Waals surface area contributed by atoms with Crippen LogP contribution in [-0.4, -0.2) is 48.2 Å². The van der Waals surface area contributed by atoms with Gasteiger partial charge in [0.1, 0.15) is 0 Å². The Balaban J connectivity index is 1.85. The van der Waals surface area contributed by atoms with Crippen molar-refractivity contribution in [3.63, 3.8) is 0 Å². The average molecular weight is 457 g/mol. The first-order valence-corrected chi connectivity index (χ1v) is 9.02. The summed E-state index contributed by atoms with van der Waals surface area (Å²) in [5, 5.41) is 16.8. The van der Waals surface area contributed by atoms with Gasteiger partial charge in [0.05, 0.1) is 5.69 Å². The topological polar surface area (TPSA) is 83.1 Å². The first kappa shape index (κ1) is 21.7. The van der Waals surface area contributed by atoms with Crippen LogP contribution in [0.5, 0.6) is 0 Å². The third-order valence-corrected chi connectivity index (χ3v) is 4.78. The first-order chi connectivity index (χ1) is 14.8. The summed E-state index contributed by atoms with van der Waals surface area (Å²) in [4.78, 5) is 16.8. The zero-order chi connectivity index (χ0) is 23.5. The van der Waals surface area contributed by atoms with Gasteiger partial charge in [-0.3, -0.25) is 4.79 Å². The van der Waals surface area contributed by atoms with E-state index in [1.165, 1.54) is 19.1 Å². The van der Waals surface area contributed by atoms with Crippen LogP contribution in [0, 0.1) is 0 Å². The number of rotatable bonds is 2. The van der Waals surface area contributed by atoms with Gasteiger partial charge < -0.3 is 5.11 Å². The molecule has 0 aliphatic carbocycles. The summed E-state index contributed by atoms with van der Waals surface area (Å²) in [6.45, 7) is 1.17. The second-order valence-corrected chi connectivity index (χ2v) is 7.13. The Morgan fingerprint density at radius 3 is 2.34 bits per heavy atom. The predicted octanol–water partition coefficient (Wildman–Crippen LogP) is 3.89. The predicted molar refractivity (Wildman–Crippen MR) is 98.3 cm³/mol. The van der Waals surface area contributed by atoms with Crippen molar-refractivity contribution in [2.45, 2.75) is 31.4 Å². The van der Waals surface area contributed by atoms with Crippen LogP contribution in [0.15, 0.2) is 47.6 Å². The summed E-state index contributed by atoms with van der Waals surface area (Å²) in [5.41, 5.74) is -6.06. The molecule has 1 aliphatic heterocycles. The number of hydrazone groups is 1. The Hall–Kier alpha value is -3.48. The minimum Gasteiger partial charge on any atom is -0.362 e. The van der Waals surface area contributed by atoms with Crippen molar-refractivity contribution in [2.24, 2.45) is 5.10 Å². The molecule has 1 aliphatic rings. The van der Waals surface area contributed by atoms with Gasteiger partial charge in [-0.25, -0.2) is 9.50 Å². The second kappa shape index (κ2) is 7.02. The summed E-state index contributed by atoms with van der Waals surface area (Å²) in [6, 6.07) is 9.40. The highest BCUT2D eigenvalue weighted by Crippen LogP contribution is 2.41. The van der Waals surface area contributed by atoms with E-state index in [9.17, 15) is 36.2 Å². The number of halogens is 6. The molecule has 1 amide bonds. The summed E-state index contributed by atoms with van der Waals surface area (Å²) < 4.78 is 81.5. The van der Waals surface area contributed by atoms with Crippen molar-refractivity contribution < 1.29 is 36.2 Å². The Bertz CT molecular complexity index is 1230. The molecule has 3 heterocycles. The molecule has 0 saturated heterocycles. The van der Waals surface area contributed by atoms with Crippen molar-refractivity contribution in [1.82, 2.24) is 19.6 Å². The van der Waals surface area contributed by atoms with Gasteiger partial charge in [-0.05, 0) is 13.0 Å². The van der Waals surface area contributed by atoms with Crippen molar-refractivity contribution in [1.29, 1.82) is 0 Å². The number of nitrogens with zero attached hydrogens (tertiary/aromatic N) is 5. The highest BCUT2D eigenvalue weighted by Gasteiger charge is 2.63. The third kappa shape index (κ3) is 3.47. The maximum atomic E-state index is 13.7. The minimum absolute atomic E-state index is 0.0776. The van der Waals surface area contributed by atoms with Crippen LogP contribution in [-0.2, 0) is 6.18 Å². The molecular weight excluding hydrogens is 444 g/mol. The van der Waals surface area contributed by atoms with Gasteiger partial charge in [0, 0.05) is 23.8 Å². The summed E-state index contributed by atoms with van der Waals surface area (Å²) in [5.74, 6) is -1.53. The van der Waals surface area contributed by atoms with Crippen LogP contribution in [0.25, 0.3) is 16.9 Å². The molecule has 0 unspecified atom stereocenters. The molecule has 7 nitrogen and oxygen atoms in total. The van der Waals surface area contributed by atoms with E-state index in [0.717, 1.165) is 6.07 Å². The van der Waals surface area contributed by atoms with Crippen LogP contribution in [0.3, 0.4) is 0 Å². The van der Waals surface area contributed by atoms with Gasteiger partial charge >= 0.3 is 12.4 Å². The fraction of sp³-hybridized carbons (Fsp3) is 0.263. The van der Waals surface area contributed by atoms with Crippen molar-refractivity contribution in [2.75, 3.05) is 0 Å². The summed E-state index contributed by atoms with van der Waals surface area (Å²) in [6.07, 6.45) is -11.2. The number of carbonyl (C=O) groups is 1. The quantitative estimate of drug-likeness (QED) is 0.592. The molecule has 0 fully saturated rings. The van der Waals surface area contributed by atoms with Gasteiger partial charge in [-0.15, -0.1) is 0 Å². The Kier molecular flexibility index (Phi) is 4.77. The number of aliphatic hydroxyl groups is 1. The van der Waals surface area contributed by atoms with Crippen LogP contribution in [0.1, 0.15) is 29.5 Å². The zero-order valence-corrected chi connectivity index (χ0v) is 16.1. The van der Waals surface area contributed by atoms with E-state index in [1.807, 2.05) is 0 Å². The molecule has 1 aromatic carbocycles. The van der Waals surface area contributed by atoms with Gasteiger partial charge in [0.2, 0.25) is 0 Å². The molecule has 32 heavy (non-hydrogen) atoms. The number of alkyl halides is 6. The maximum Gasteiger partial charge on any atom is 0.438 e. The molecule has 4 rings (SSSR count). The van der Waals surface area contributed by atoms with Crippen LogP contribution in [0.4, 0.5) is 26.3 Å².